The van der Waals surface area contributed by atoms with E-state index in [-0.39, 0.29) is 22.7 Å². The molecular weight excluding hydrogens is 284 g/mol. The van der Waals surface area contributed by atoms with Gasteiger partial charge < -0.3 is 11.1 Å². The number of carbonyl (C=O) groups is 1. The molecule has 2 rings (SSSR count). The first-order chi connectivity index (χ1) is 9.37. The van der Waals surface area contributed by atoms with Crippen molar-refractivity contribution in [3.8, 4) is 0 Å². The summed E-state index contributed by atoms with van der Waals surface area (Å²) in [5.74, 6) is -0.382. The maximum atomic E-state index is 12.0. The highest BCUT2D eigenvalue weighted by Crippen LogP contribution is 2.16. The van der Waals surface area contributed by atoms with Crippen LogP contribution in [0.1, 0.15) is 6.92 Å². The van der Waals surface area contributed by atoms with Crippen LogP contribution < -0.4 is 15.8 Å². The van der Waals surface area contributed by atoms with Crippen LogP contribution in [0.3, 0.4) is 0 Å². The van der Waals surface area contributed by atoms with E-state index < -0.39 is 10.0 Å². The quantitative estimate of drug-likeness (QED) is 0.632. The van der Waals surface area contributed by atoms with Gasteiger partial charge in [-0.1, -0.05) is 0 Å². The van der Waals surface area contributed by atoms with Crippen LogP contribution in [-0.2, 0) is 14.8 Å². The van der Waals surface area contributed by atoms with Crippen LogP contribution in [0.5, 0.6) is 0 Å². The first kappa shape index (κ1) is 13.8. The van der Waals surface area contributed by atoms with E-state index in [2.05, 4.69) is 25.2 Å². The van der Waals surface area contributed by atoms with Gasteiger partial charge in [0.1, 0.15) is 0 Å². The third-order valence-electron chi connectivity index (χ3n) is 2.21. The molecule has 0 spiro atoms. The van der Waals surface area contributed by atoms with E-state index in [1.807, 2.05) is 0 Å². The Balaban J connectivity index is 2.19. The number of hydrogen-bond donors (Lipinski definition) is 4. The number of nitrogens with two attached hydrogens (primary N) is 1. The lowest BCUT2D eigenvalue weighted by Crippen LogP contribution is -2.14. The van der Waals surface area contributed by atoms with Gasteiger partial charge in [-0.2, -0.15) is 4.98 Å². The Kier molecular flexibility index (Phi) is 3.57. The molecule has 1 heterocycles. The monoisotopic (exact) mass is 296 g/mol. The Labute approximate surface area is 114 Å². The smallest absolute Gasteiger partial charge is 0.264 e. The summed E-state index contributed by atoms with van der Waals surface area (Å²) in [6, 6.07) is 5.65. The number of nitrogens with zero attached hydrogens (tertiary/aromatic N) is 2. The minimum atomic E-state index is -3.81. The molecule has 1 amide bonds. The van der Waals surface area contributed by atoms with E-state index in [9.17, 15) is 13.2 Å². The lowest BCUT2D eigenvalue weighted by atomic mass is 10.3. The number of nitrogens with one attached hydrogen (secondary N) is 3. The molecule has 1 aromatic heterocycles. The van der Waals surface area contributed by atoms with Crippen molar-refractivity contribution in [1.82, 2.24) is 15.2 Å². The van der Waals surface area contributed by atoms with Gasteiger partial charge in [-0.15, -0.1) is 5.10 Å². The largest absolute Gasteiger partial charge is 0.368 e. The van der Waals surface area contributed by atoms with Gasteiger partial charge in [0, 0.05) is 12.6 Å². The topological polar surface area (TPSA) is 143 Å². The summed E-state index contributed by atoms with van der Waals surface area (Å²) >= 11 is 0. The van der Waals surface area contributed by atoms with Crippen LogP contribution in [0.4, 0.5) is 17.6 Å². The highest BCUT2D eigenvalue weighted by molar-refractivity contribution is 7.92. The Morgan fingerprint density at radius 3 is 2.45 bits per heavy atom. The van der Waals surface area contributed by atoms with Crippen molar-refractivity contribution in [3.63, 3.8) is 0 Å². The lowest BCUT2D eigenvalue weighted by Gasteiger charge is -2.06. The van der Waals surface area contributed by atoms with Crippen LogP contribution in [0.2, 0.25) is 0 Å². The van der Waals surface area contributed by atoms with E-state index in [1.54, 1.807) is 0 Å². The van der Waals surface area contributed by atoms with Gasteiger partial charge in [-0.25, -0.2) is 18.2 Å². The van der Waals surface area contributed by atoms with Gasteiger partial charge in [0.25, 0.3) is 16.0 Å². The highest BCUT2D eigenvalue weighted by Gasteiger charge is 2.16. The number of aromatic nitrogens is 3. The Bertz CT molecular complexity index is 722. The van der Waals surface area contributed by atoms with Crippen molar-refractivity contribution in [2.75, 3.05) is 15.8 Å². The number of carbonyl (C=O) groups excluding carboxylic acids is 1. The first-order valence-electron chi connectivity index (χ1n) is 5.45. The maximum Gasteiger partial charge on any atom is 0.264 e. The van der Waals surface area contributed by atoms with Crippen LogP contribution in [0.15, 0.2) is 29.2 Å². The Morgan fingerprint density at radius 2 is 1.95 bits per heavy atom. The van der Waals surface area contributed by atoms with Crippen molar-refractivity contribution in [2.45, 2.75) is 11.8 Å². The predicted octanol–water partition coefficient (Wildman–Crippen LogP) is 0.146. The molecule has 0 aliphatic heterocycles. The Morgan fingerprint density at radius 1 is 1.30 bits per heavy atom. The first-order valence-corrected chi connectivity index (χ1v) is 6.93. The molecule has 0 aliphatic carbocycles. The highest BCUT2D eigenvalue weighted by atomic mass is 32.2. The third-order valence-corrected chi connectivity index (χ3v) is 3.56. The van der Waals surface area contributed by atoms with Crippen molar-refractivity contribution in [2.24, 2.45) is 0 Å². The number of nitrogen functional groups attached to an aromatic ring is 1. The second-order valence-corrected chi connectivity index (χ2v) is 5.54. The molecule has 10 heteroatoms. The number of H-pyrrole nitrogens is 1. The zero-order chi connectivity index (χ0) is 14.8. The number of anilines is 3. The average molecular weight is 296 g/mol. The SMILES string of the molecule is CC(=O)Nc1ccc(S(=O)(=O)Nc2n[nH]c(N)n2)cc1. The minimum absolute atomic E-state index is 0.00343. The molecule has 0 aliphatic rings. The van der Waals surface area contributed by atoms with E-state index in [0.717, 1.165) is 0 Å². The number of amides is 1. The second kappa shape index (κ2) is 5.17. The fourth-order valence-electron chi connectivity index (χ4n) is 1.42. The van der Waals surface area contributed by atoms with Crippen molar-refractivity contribution in [3.05, 3.63) is 24.3 Å². The van der Waals surface area contributed by atoms with Gasteiger partial charge in [-0.3, -0.25) is 4.79 Å². The summed E-state index contributed by atoms with van der Waals surface area (Å²) in [5.41, 5.74) is 5.80. The van der Waals surface area contributed by atoms with E-state index in [1.165, 1.54) is 31.2 Å². The van der Waals surface area contributed by atoms with Crippen LogP contribution in [-0.4, -0.2) is 29.5 Å². The summed E-state index contributed by atoms with van der Waals surface area (Å²) < 4.78 is 26.2. The minimum Gasteiger partial charge on any atom is -0.368 e. The van der Waals surface area contributed by atoms with Crippen LogP contribution in [0, 0.1) is 0 Å². The van der Waals surface area contributed by atoms with Gasteiger partial charge in [0.05, 0.1) is 4.90 Å². The van der Waals surface area contributed by atoms with Crippen molar-refractivity contribution >= 4 is 33.5 Å². The average Bonchev–Trinajstić information content (AvgIpc) is 2.74. The van der Waals surface area contributed by atoms with Gasteiger partial charge >= 0.3 is 0 Å². The molecule has 5 N–H and O–H groups in total. The zero-order valence-electron chi connectivity index (χ0n) is 10.4. The standard InChI is InChI=1S/C10H12N6O3S/c1-6(17)12-7-2-4-8(5-3-7)20(18,19)16-10-13-9(11)14-15-10/h2-5H,1H3,(H,12,17)(H4,11,13,14,15,16). The molecule has 2 aromatic rings. The molecule has 106 valence electrons. The van der Waals surface area contributed by atoms with E-state index >= 15 is 0 Å². The summed E-state index contributed by atoms with van der Waals surface area (Å²) in [6.45, 7) is 1.36. The fraction of sp³-hybridized carbons (Fsp3) is 0.100. The molecule has 0 saturated heterocycles. The molecule has 0 radical (unpaired) electrons. The fourth-order valence-corrected chi connectivity index (χ4v) is 2.36. The van der Waals surface area contributed by atoms with Gasteiger partial charge in [0.2, 0.25) is 11.9 Å². The van der Waals surface area contributed by atoms with Crippen LogP contribution in [0.25, 0.3) is 0 Å². The summed E-state index contributed by atoms with van der Waals surface area (Å²) in [5, 5.41) is 8.43. The molecule has 0 bridgehead atoms. The third kappa shape index (κ3) is 3.23. The van der Waals surface area contributed by atoms with Crippen molar-refractivity contribution in [1.29, 1.82) is 0 Å². The maximum absolute atomic E-state index is 12.0. The number of rotatable bonds is 4. The lowest BCUT2D eigenvalue weighted by molar-refractivity contribution is -0.114. The van der Waals surface area contributed by atoms with Gasteiger partial charge in [0.15, 0.2) is 0 Å². The zero-order valence-corrected chi connectivity index (χ0v) is 11.2. The molecule has 0 unspecified atom stereocenters. The predicted molar refractivity (Wildman–Crippen MR) is 72.3 cm³/mol. The number of sulfonamides is 1. The van der Waals surface area contributed by atoms with Crippen molar-refractivity contribution < 1.29 is 13.2 Å². The summed E-state index contributed by atoms with van der Waals surface area (Å²) in [6.07, 6.45) is 0. The number of aromatic amines is 1. The molecule has 0 fully saturated rings. The summed E-state index contributed by atoms with van der Waals surface area (Å²) in [7, 11) is -3.81. The van der Waals surface area contributed by atoms with Gasteiger partial charge in [-0.05, 0) is 24.3 Å². The molecule has 0 atom stereocenters. The van der Waals surface area contributed by atoms with E-state index in [0.29, 0.717) is 5.69 Å². The molecular formula is C10H12N6O3S. The molecule has 20 heavy (non-hydrogen) atoms. The second-order valence-electron chi connectivity index (χ2n) is 3.86. The number of benzene rings is 1. The molecule has 0 saturated carbocycles. The normalized spacial score (nSPS) is 11.1. The Hall–Kier alpha value is -2.62. The van der Waals surface area contributed by atoms with Crippen LogP contribution >= 0.6 is 0 Å². The van der Waals surface area contributed by atoms with E-state index in [4.69, 9.17) is 5.73 Å². The number of hydrogen-bond acceptors (Lipinski definition) is 6. The molecule has 9 nitrogen and oxygen atoms in total. The molecule has 1 aromatic carbocycles. The summed E-state index contributed by atoms with van der Waals surface area (Å²) in [4.78, 5) is 14.5.